The van der Waals surface area contributed by atoms with Crippen molar-refractivity contribution in [2.24, 2.45) is 0 Å². The van der Waals surface area contributed by atoms with Crippen molar-refractivity contribution < 1.29 is 9.50 Å². The van der Waals surface area contributed by atoms with E-state index in [2.05, 4.69) is 9.69 Å². The summed E-state index contributed by atoms with van der Waals surface area (Å²) in [5.74, 6) is -0.691. The van der Waals surface area contributed by atoms with E-state index < -0.39 is 0 Å². The molecule has 80 valence electrons. The number of nitrogens with zero attached hydrogens (tertiary/aromatic N) is 2. The Labute approximate surface area is 94.8 Å². The first-order chi connectivity index (χ1) is 7.70. The summed E-state index contributed by atoms with van der Waals surface area (Å²) < 4.78 is 16.5. The maximum Gasteiger partial charge on any atom is 0.243 e. The zero-order valence-corrected chi connectivity index (χ0v) is 8.75. The average molecular weight is 235 g/mol. The van der Waals surface area contributed by atoms with Crippen molar-refractivity contribution in [1.82, 2.24) is 4.37 Å². The van der Waals surface area contributed by atoms with E-state index in [0.29, 0.717) is 10.7 Å². The van der Waals surface area contributed by atoms with Crippen LogP contribution in [0.4, 0.5) is 15.1 Å². The number of aromatic hydroxyl groups is 1. The molecule has 0 aliphatic carbocycles. The number of nitrogens with one attached hydrogen (secondary N) is 1. The fourth-order valence-corrected chi connectivity index (χ4v) is 1.83. The maximum absolute atomic E-state index is 12.9. The van der Waals surface area contributed by atoms with Crippen LogP contribution in [-0.2, 0) is 0 Å². The fourth-order valence-electron chi connectivity index (χ4n) is 1.17. The van der Waals surface area contributed by atoms with Crippen molar-refractivity contribution >= 4 is 22.2 Å². The number of anilines is 2. The number of rotatable bonds is 2. The Morgan fingerprint density at radius 1 is 1.50 bits per heavy atom. The summed E-state index contributed by atoms with van der Waals surface area (Å²) in [6.45, 7) is 0. The van der Waals surface area contributed by atoms with E-state index in [1.54, 1.807) is 12.1 Å². The summed E-state index contributed by atoms with van der Waals surface area (Å²) in [6, 6.07) is 7.63. The van der Waals surface area contributed by atoms with Crippen molar-refractivity contribution in [3.8, 4) is 11.9 Å². The number of benzene rings is 1. The standard InChI is InChI=1S/C10H6FN3OS/c11-6-2-1-3-7(4-6)13-10-8(5-12)9(15)14-16-10/h1-4,13H,(H,14,15). The number of hydrogen-bond donors (Lipinski definition) is 2. The zero-order chi connectivity index (χ0) is 11.5. The molecule has 4 nitrogen and oxygen atoms in total. The van der Waals surface area contributed by atoms with E-state index in [4.69, 9.17) is 5.26 Å². The predicted molar refractivity (Wildman–Crippen MR) is 58.2 cm³/mol. The molecule has 0 bridgehead atoms. The van der Waals surface area contributed by atoms with Crippen LogP contribution in [0.3, 0.4) is 0 Å². The number of nitriles is 1. The van der Waals surface area contributed by atoms with Gasteiger partial charge < -0.3 is 10.4 Å². The second-order valence-electron chi connectivity index (χ2n) is 2.96. The zero-order valence-electron chi connectivity index (χ0n) is 7.94. The minimum Gasteiger partial charge on any atom is -0.492 e. The van der Waals surface area contributed by atoms with Gasteiger partial charge >= 0.3 is 0 Å². The Bertz CT molecular complexity index is 561. The number of halogens is 1. The van der Waals surface area contributed by atoms with Gasteiger partial charge in [-0.05, 0) is 29.7 Å². The van der Waals surface area contributed by atoms with Crippen LogP contribution in [0.5, 0.6) is 5.88 Å². The number of hydrogen-bond acceptors (Lipinski definition) is 5. The van der Waals surface area contributed by atoms with Gasteiger partial charge in [-0.15, -0.1) is 0 Å². The van der Waals surface area contributed by atoms with Crippen molar-refractivity contribution in [2.75, 3.05) is 5.32 Å². The van der Waals surface area contributed by atoms with Gasteiger partial charge in [-0.3, -0.25) is 0 Å². The van der Waals surface area contributed by atoms with Gasteiger partial charge in [-0.1, -0.05) is 6.07 Å². The van der Waals surface area contributed by atoms with Gasteiger partial charge in [0.1, 0.15) is 16.9 Å². The quantitative estimate of drug-likeness (QED) is 0.839. The minimum absolute atomic E-state index is 0.0641. The van der Waals surface area contributed by atoms with E-state index in [9.17, 15) is 9.50 Å². The maximum atomic E-state index is 12.9. The van der Waals surface area contributed by atoms with Crippen LogP contribution in [-0.4, -0.2) is 9.48 Å². The normalized spacial score (nSPS) is 9.75. The molecule has 2 aromatic rings. The second-order valence-corrected chi connectivity index (χ2v) is 3.73. The molecule has 2 N–H and O–H groups in total. The molecule has 0 radical (unpaired) electrons. The van der Waals surface area contributed by atoms with Crippen molar-refractivity contribution in [1.29, 1.82) is 5.26 Å². The molecule has 0 aliphatic heterocycles. The highest BCUT2D eigenvalue weighted by molar-refractivity contribution is 7.10. The molecule has 1 heterocycles. The fraction of sp³-hybridized carbons (Fsp3) is 0. The lowest BCUT2D eigenvalue weighted by molar-refractivity contribution is 0.458. The Morgan fingerprint density at radius 3 is 3.00 bits per heavy atom. The van der Waals surface area contributed by atoms with Gasteiger partial charge in [0, 0.05) is 5.69 Å². The van der Waals surface area contributed by atoms with E-state index in [1.807, 2.05) is 6.07 Å². The first kappa shape index (κ1) is 10.4. The molecule has 16 heavy (non-hydrogen) atoms. The number of aromatic nitrogens is 1. The molecular formula is C10H6FN3OS. The van der Waals surface area contributed by atoms with E-state index >= 15 is 0 Å². The van der Waals surface area contributed by atoms with Gasteiger partial charge in [0.15, 0.2) is 5.56 Å². The lowest BCUT2D eigenvalue weighted by Gasteiger charge is -2.02. The van der Waals surface area contributed by atoms with Gasteiger partial charge in [0.2, 0.25) is 5.88 Å². The lowest BCUT2D eigenvalue weighted by Crippen LogP contribution is -1.90. The van der Waals surface area contributed by atoms with Crippen LogP contribution >= 0.6 is 11.5 Å². The molecule has 2 rings (SSSR count). The average Bonchev–Trinajstić information content (AvgIpc) is 2.59. The van der Waals surface area contributed by atoms with Crippen molar-refractivity contribution in [2.45, 2.75) is 0 Å². The van der Waals surface area contributed by atoms with Crippen LogP contribution in [0.15, 0.2) is 24.3 Å². The highest BCUT2D eigenvalue weighted by Gasteiger charge is 2.12. The van der Waals surface area contributed by atoms with Gasteiger partial charge in [-0.25, -0.2) is 4.39 Å². The molecule has 1 aromatic heterocycles. The Morgan fingerprint density at radius 2 is 2.31 bits per heavy atom. The molecule has 0 fully saturated rings. The Hall–Kier alpha value is -2.13. The molecule has 0 unspecified atom stereocenters. The summed E-state index contributed by atoms with van der Waals surface area (Å²) >= 11 is 0.945. The topological polar surface area (TPSA) is 68.9 Å². The SMILES string of the molecule is N#Cc1c(O)nsc1Nc1cccc(F)c1. The summed E-state index contributed by atoms with van der Waals surface area (Å²) in [5, 5.41) is 21.2. The molecule has 6 heteroatoms. The van der Waals surface area contributed by atoms with E-state index in [0.717, 1.165) is 11.5 Å². The molecule has 1 aromatic carbocycles. The van der Waals surface area contributed by atoms with Gasteiger partial charge in [0.05, 0.1) is 0 Å². The van der Waals surface area contributed by atoms with E-state index in [-0.39, 0.29) is 17.3 Å². The second kappa shape index (κ2) is 4.16. The molecule has 0 atom stereocenters. The first-order valence-corrected chi connectivity index (χ1v) is 5.09. The Balaban J connectivity index is 2.31. The summed E-state index contributed by atoms with van der Waals surface area (Å²) in [4.78, 5) is 0. The monoisotopic (exact) mass is 235 g/mol. The van der Waals surface area contributed by atoms with Gasteiger partial charge in [-0.2, -0.15) is 9.64 Å². The first-order valence-electron chi connectivity index (χ1n) is 4.32. The molecule has 0 spiro atoms. The van der Waals surface area contributed by atoms with Crippen LogP contribution in [0, 0.1) is 17.1 Å². The van der Waals surface area contributed by atoms with Crippen LogP contribution in [0.25, 0.3) is 0 Å². The minimum atomic E-state index is -0.378. The molecule has 0 saturated carbocycles. The molecule has 0 aliphatic rings. The summed E-state index contributed by atoms with van der Waals surface area (Å²) in [5.41, 5.74) is 0.564. The van der Waals surface area contributed by atoms with Crippen molar-refractivity contribution in [3.05, 3.63) is 35.6 Å². The van der Waals surface area contributed by atoms with Crippen LogP contribution in [0.1, 0.15) is 5.56 Å². The third-order valence-electron chi connectivity index (χ3n) is 1.87. The highest BCUT2D eigenvalue weighted by Crippen LogP contribution is 2.31. The lowest BCUT2D eigenvalue weighted by atomic mass is 10.3. The predicted octanol–water partition coefficient (Wildman–Crippen LogP) is 2.60. The summed E-state index contributed by atoms with van der Waals surface area (Å²) in [6.07, 6.45) is 0. The van der Waals surface area contributed by atoms with Crippen LogP contribution < -0.4 is 5.32 Å². The molecule has 0 saturated heterocycles. The highest BCUT2D eigenvalue weighted by atomic mass is 32.1. The Kier molecular flexibility index (Phi) is 2.70. The third kappa shape index (κ3) is 1.94. The van der Waals surface area contributed by atoms with E-state index in [1.165, 1.54) is 12.1 Å². The molecule has 0 amide bonds. The molecular weight excluding hydrogens is 229 g/mol. The third-order valence-corrected chi connectivity index (χ3v) is 2.62. The summed E-state index contributed by atoms with van der Waals surface area (Å²) in [7, 11) is 0. The smallest absolute Gasteiger partial charge is 0.243 e. The van der Waals surface area contributed by atoms with Crippen LogP contribution in [0.2, 0.25) is 0 Å². The van der Waals surface area contributed by atoms with Crippen molar-refractivity contribution in [3.63, 3.8) is 0 Å². The largest absolute Gasteiger partial charge is 0.492 e. The van der Waals surface area contributed by atoms with Gasteiger partial charge in [0.25, 0.3) is 0 Å².